The van der Waals surface area contributed by atoms with Crippen molar-refractivity contribution in [3.8, 4) is 28.4 Å². The fourth-order valence-electron chi connectivity index (χ4n) is 3.76. The van der Waals surface area contributed by atoms with E-state index in [1.54, 1.807) is 72.8 Å². The number of sulfonamides is 1. The van der Waals surface area contributed by atoms with Crippen molar-refractivity contribution in [1.29, 1.82) is 0 Å². The van der Waals surface area contributed by atoms with Gasteiger partial charge >= 0.3 is 0 Å². The number of benzene rings is 4. The van der Waals surface area contributed by atoms with Gasteiger partial charge in [0.25, 0.3) is 0 Å². The number of rotatable bonds is 8. The van der Waals surface area contributed by atoms with Gasteiger partial charge in [0.1, 0.15) is 17.2 Å². The van der Waals surface area contributed by atoms with Crippen LogP contribution in [-0.2, 0) is 16.4 Å². The number of Topliss-reactive ketones (excluding diaryl/α,β-unsaturated/α-hetero) is 1. The van der Waals surface area contributed by atoms with Crippen LogP contribution in [0.5, 0.6) is 17.2 Å². The molecule has 184 valence electrons. The summed E-state index contributed by atoms with van der Waals surface area (Å²) in [5.41, 5.74) is 14.2. The zero-order valence-corrected chi connectivity index (χ0v) is 20.0. The molecule has 0 radical (unpaired) electrons. The summed E-state index contributed by atoms with van der Waals surface area (Å²) in [5.74, 6) is 0.593. The molecule has 0 atom stereocenters. The third-order valence-electron chi connectivity index (χ3n) is 5.58. The van der Waals surface area contributed by atoms with E-state index in [-0.39, 0.29) is 22.8 Å². The highest BCUT2D eigenvalue weighted by molar-refractivity contribution is 7.89. The largest absolute Gasteiger partial charge is 0.508 e. The highest BCUT2D eigenvalue weighted by atomic mass is 32.2. The van der Waals surface area contributed by atoms with Crippen LogP contribution in [0.1, 0.15) is 27.7 Å². The first kappa shape index (κ1) is 25.1. The summed E-state index contributed by atoms with van der Waals surface area (Å²) in [6, 6.07) is 24.5. The zero-order valence-electron chi connectivity index (χ0n) is 19.2. The SMILES string of the molecule is NC(N)c1cccc(Oc2cc(O)ccc2CC(=O)c2ccc(-c3ccccc3S(N)(=O)=O)cc2)c1. The van der Waals surface area contributed by atoms with Gasteiger partial charge in [-0.25, -0.2) is 13.6 Å². The summed E-state index contributed by atoms with van der Waals surface area (Å²) < 4.78 is 29.8. The molecule has 0 amide bonds. The molecular weight excluding hydrogens is 478 g/mol. The molecule has 0 fully saturated rings. The van der Waals surface area contributed by atoms with E-state index in [1.807, 2.05) is 0 Å². The molecule has 0 spiro atoms. The number of hydrogen-bond acceptors (Lipinski definition) is 7. The van der Waals surface area contributed by atoms with E-state index in [4.69, 9.17) is 21.3 Å². The molecule has 4 aromatic carbocycles. The van der Waals surface area contributed by atoms with Crippen LogP contribution < -0.4 is 21.3 Å². The lowest BCUT2D eigenvalue weighted by atomic mass is 9.99. The van der Waals surface area contributed by atoms with Gasteiger partial charge in [0.05, 0.1) is 11.1 Å². The van der Waals surface area contributed by atoms with Crippen LogP contribution >= 0.6 is 0 Å². The van der Waals surface area contributed by atoms with Crippen molar-refractivity contribution >= 4 is 15.8 Å². The minimum absolute atomic E-state index is 0.00856. The molecule has 8 nitrogen and oxygen atoms in total. The molecule has 0 saturated heterocycles. The number of carbonyl (C=O) groups excluding carboxylic acids is 1. The van der Waals surface area contributed by atoms with Crippen molar-refractivity contribution in [2.45, 2.75) is 17.5 Å². The number of ketones is 1. The van der Waals surface area contributed by atoms with Gasteiger partial charge in [-0.3, -0.25) is 4.79 Å². The quantitative estimate of drug-likeness (QED) is 0.210. The fraction of sp³-hybridized carbons (Fsp3) is 0.0741. The van der Waals surface area contributed by atoms with E-state index >= 15 is 0 Å². The van der Waals surface area contributed by atoms with Crippen LogP contribution in [0.4, 0.5) is 0 Å². The number of nitrogens with two attached hydrogens (primary N) is 3. The Hall–Kier alpha value is -4.02. The summed E-state index contributed by atoms with van der Waals surface area (Å²) in [4.78, 5) is 13.1. The molecule has 0 unspecified atom stereocenters. The normalized spacial score (nSPS) is 11.4. The molecule has 0 aliphatic carbocycles. The van der Waals surface area contributed by atoms with Gasteiger partial charge in [-0.1, -0.05) is 60.7 Å². The van der Waals surface area contributed by atoms with Gasteiger partial charge < -0.3 is 21.3 Å². The standard InChI is InChI=1S/C27H25N3O5S/c28-27(29)20-4-3-5-22(14-20)35-25-16-21(31)13-12-19(25)15-24(32)18-10-8-17(9-11-18)23-6-1-2-7-26(23)36(30,33)34/h1-14,16,27,31H,15,28-29H2,(H2,30,33,34). The molecule has 0 bridgehead atoms. The number of phenols is 1. The Labute approximate surface area is 209 Å². The lowest BCUT2D eigenvalue weighted by Gasteiger charge is -2.13. The predicted octanol–water partition coefficient (Wildman–Crippen LogP) is 3.84. The Morgan fingerprint density at radius 3 is 2.31 bits per heavy atom. The number of ether oxygens (including phenoxy) is 1. The van der Waals surface area contributed by atoms with Crippen LogP contribution in [0.2, 0.25) is 0 Å². The molecule has 0 aromatic heterocycles. The van der Waals surface area contributed by atoms with E-state index < -0.39 is 16.2 Å². The smallest absolute Gasteiger partial charge is 0.238 e. The van der Waals surface area contributed by atoms with Crippen LogP contribution in [0.15, 0.2) is 95.9 Å². The Kier molecular flexibility index (Phi) is 7.18. The molecular formula is C27H25N3O5S. The molecule has 4 aromatic rings. The van der Waals surface area contributed by atoms with Gasteiger partial charge in [-0.2, -0.15) is 0 Å². The minimum atomic E-state index is -3.91. The number of carbonyl (C=O) groups is 1. The molecule has 0 aliphatic heterocycles. The van der Waals surface area contributed by atoms with Gasteiger partial charge in [0, 0.05) is 29.2 Å². The minimum Gasteiger partial charge on any atom is -0.508 e. The molecule has 0 aliphatic rings. The summed E-state index contributed by atoms with van der Waals surface area (Å²) >= 11 is 0. The Morgan fingerprint density at radius 2 is 1.61 bits per heavy atom. The number of hydrogen-bond donors (Lipinski definition) is 4. The van der Waals surface area contributed by atoms with Crippen molar-refractivity contribution in [2.24, 2.45) is 16.6 Å². The average molecular weight is 504 g/mol. The van der Waals surface area contributed by atoms with Crippen molar-refractivity contribution in [2.75, 3.05) is 0 Å². The van der Waals surface area contributed by atoms with E-state index in [2.05, 4.69) is 0 Å². The van der Waals surface area contributed by atoms with Crippen molar-refractivity contribution < 1.29 is 23.1 Å². The topological polar surface area (TPSA) is 159 Å². The van der Waals surface area contributed by atoms with Crippen LogP contribution in [0.25, 0.3) is 11.1 Å². The zero-order chi connectivity index (χ0) is 25.9. The molecule has 0 heterocycles. The van der Waals surface area contributed by atoms with Crippen LogP contribution in [0, 0.1) is 0 Å². The van der Waals surface area contributed by atoms with Gasteiger partial charge in [-0.15, -0.1) is 0 Å². The molecule has 7 N–H and O–H groups in total. The summed E-state index contributed by atoms with van der Waals surface area (Å²) in [5, 5.41) is 15.3. The Balaban J connectivity index is 1.57. The second kappa shape index (κ2) is 10.3. The van der Waals surface area contributed by atoms with E-state index in [9.17, 15) is 18.3 Å². The first-order chi connectivity index (χ1) is 17.1. The average Bonchev–Trinajstić information content (AvgIpc) is 2.85. The molecule has 9 heteroatoms. The van der Waals surface area contributed by atoms with Crippen LogP contribution in [-0.4, -0.2) is 19.3 Å². The molecule has 36 heavy (non-hydrogen) atoms. The number of aromatic hydroxyl groups is 1. The van der Waals surface area contributed by atoms with Crippen LogP contribution in [0.3, 0.4) is 0 Å². The Bertz CT molecular complexity index is 1520. The monoisotopic (exact) mass is 503 g/mol. The van der Waals surface area contributed by atoms with Crippen molar-refractivity contribution in [1.82, 2.24) is 0 Å². The second-order valence-electron chi connectivity index (χ2n) is 8.21. The maximum absolute atomic E-state index is 13.1. The lowest BCUT2D eigenvalue weighted by Crippen LogP contribution is -2.19. The van der Waals surface area contributed by atoms with Gasteiger partial charge in [0.2, 0.25) is 10.0 Å². The summed E-state index contributed by atoms with van der Waals surface area (Å²) in [6.07, 6.45) is -0.655. The molecule has 4 rings (SSSR count). The first-order valence-corrected chi connectivity index (χ1v) is 12.5. The number of primary sulfonamides is 1. The number of phenolic OH excluding ortho intramolecular Hbond substituents is 1. The summed E-state index contributed by atoms with van der Waals surface area (Å²) in [6.45, 7) is 0. The first-order valence-electron chi connectivity index (χ1n) is 11.0. The van der Waals surface area contributed by atoms with E-state index in [0.717, 1.165) is 0 Å². The van der Waals surface area contributed by atoms with Crippen molar-refractivity contribution in [3.05, 3.63) is 108 Å². The third kappa shape index (κ3) is 5.78. The van der Waals surface area contributed by atoms with Gasteiger partial charge in [0.15, 0.2) is 5.78 Å². The van der Waals surface area contributed by atoms with E-state index in [0.29, 0.717) is 39.3 Å². The van der Waals surface area contributed by atoms with E-state index in [1.165, 1.54) is 18.2 Å². The maximum atomic E-state index is 13.1. The Morgan fingerprint density at radius 1 is 0.889 bits per heavy atom. The van der Waals surface area contributed by atoms with Gasteiger partial charge in [-0.05, 0) is 35.4 Å². The lowest BCUT2D eigenvalue weighted by molar-refractivity contribution is 0.0992. The third-order valence-corrected chi connectivity index (χ3v) is 6.55. The second-order valence-corrected chi connectivity index (χ2v) is 9.74. The molecule has 0 saturated carbocycles. The maximum Gasteiger partial charge on any atom is 0.238 e. The summed E-state index contributed by atoms with van der Waals surface area (Å²) in [7, 11) is -3.91. The predicted molar refractivity (Wildman–Crippen MR) is 137 cm³/mol. The highest BCUT2D eigenvalue weighted by Crippen LogP contribution is 2.31. The fourth-order valence-corrected chi connectivity index (χ4v) is 4.52. The highest BCUT2D eigenvalue weighted by Gasteiger charge is 2.16. The van der Waals surface area contributed by atoms with Crippen molar-refractivity contribution in [3.63, 3.8) is 0 Å².